The Morgan fingerprint density at radius 3 is 1.84 bits per heavy atom. The zero-order valence-electron chi connectivity index (χ0n) is 25.1. The maximum absolute atomic E-state index is 2.52. The molecular formula is C44H31N. The lowest BCUT2D eigenvalue weighted by molar-refractivity contribution is 0.762. The van der Waals surface area contributed by atoms with Crippen LogP contribution in [-0.2, 0) is 5.41 Å². The van der Waals surface area contributed by atoms with Gasteiger partial charge < -0.3 is 4.57 Å². The predicted octanol–water partition coefficient (Wildman–Crippen LogP) is 11.1. The number of hydrogen-bond acceptors (Lipinski definition) is 0. The summed E-state index contributed by atoms with van der Waals surface area (Å²) in [4.78, 5) is 0. The maximum Gasteiger partial charge on any atom is 0.0734 e. The summed E-state index contributed by atoms with van der Waals surface area (Å²) in [6.07, 6.45) is 0. The summed E-state index contributed by atoms with van der Waals surface area (Å²) in [5.41, 5.74) is 14.7. The molecule has 0 radical (unpaired) electrons. The van der Waals surface area contributed by atoms with Crippen LogP contribution in [0, 0.1) is 6.92 Å². The van der Waals surface area contributed by atoms with Crippen LogP contribution in [0.25, 0.3) is 49.7 Å². The molecule has 0 bridgehead atoms. The van der Waals surface area contributed by atoms with E-state index in [-0.39, 0.29) is 0 Å². The van der Waals surface area contributed by atoms with Crippen molar-refractivity contribution in [3.63, 3.8) is 0 Å². The first-order valence-electron chi connectivity index (χ1n) is 15.7. The van der Waals surface area contributed by atoms with Gasteiger partial charge >= 0.3 is 0 Å². The molecule has 0 unspecified atom stereocenters. The molecule has 0 amide bonds. The second-order valence-electron chi connectivity index (χ2n) is 12.2. The highest BCUT2D eigenvalue weighted by Gasteiger charge is 2.47. The molecule has 7 aromatic carbocycles. The van der Waals surface area contributed by atoms with Gasteiger partial charge in [-0.1, -0.05) is 157 Å². The van der Waals surface area contributed by atoms with Crippen molar-refractivity contribution in [2.24, 2.45) is 0 Å². The van der Waals surface area contributed by atoms with E-state index in [0.717, 1.165) is 0 Å². The quantitative estimate of drug-likeness (QED) is 0.197. The van der Waals surface area contributed by atoms with Crippen LogP contribution in [0.2, 0.25) is 0 Å². The second-order valence-corrected chi connectivity index (χ2v) is 12.2. The number of aryl methyl sites for hydroxylation is 1. The predicted molar refractivity (Wildman–Crippen MR) is 188 cm³/mol. The van der Waals surface area contributed by atoms with E-state index in [9.17, 15) is 0 Å². The number of nitrogens with zero attached hydrogens (tertiary/aromatic N) is 1. The molecule has 1 aliphatic carbocycles. The van der Waals surface area contributed by atoms with Gasteiger partial charge in [-0.3, -0.25) is 0 Å². The Hall–Kier alpha value is -5.66. The Morgan fingerprint density at radius 2 is 1.07 bits per heavy atom. The highest BCUT2D eigenvalue weighted by molar-refractivity contribution is 6.10. The van der Waals surface area contributed by atoms with Gasteiger partial charge in [-0.25, -0.2) is 0 Å². The number of fused-ring (bicyclic) bond motifs is 6. The summed E-state index contributed by atoms with van der Waals surface area (Å²) in [5.74, 6) is 0. The van der Waals surface area contributed by atoms with E-state index in [1.807, 2.05) is 0 Å². The Balaban J connectivity index is 1.45. The summed E-state index contributed by atoms with van der Waals surface area (Å²) in [6, 6.07) is 62.7. The molecule has 1 heterocycles. The van der Waals surface area contributed by atoms with Crippen molar-refractivity contribution in [3.8, 4) is 27.9 Å². The normalized spacial score (nSPS) is 13.2. The number of rotatable bonds is 4. The number of aromatic nitrogens is 1. The molecule has 0 atom stereocenters. The van der Waals surface area contributed by atoms with Gasteiger partial charge in [-0.2, -0.15) is 0 Å². The van der Waals surface area contributed by atoms with E-state index in [0.29, 0.717) is 0 Å². The minimum atomic E-state index is -0.489. The van der Waals surface area contributed by atoms with E-state index >= 15 is 0 Å². The Kier molecular flexibility index (Phi) is 5.70. The lowest BCUT2D eigenvalue weighted by Gasteiger charge is -2.35. The molecule has 45 heavy (non-hydrogen) atoms. The minimum absolute atomic E-state index is 0.489. The van der Waals surface area contributed by atoms with E-state index in [1.165, 1.54) is 77.6 Å². The third-order valence-electron chi connectivity index (χ3n) is 9.72. The van der Waals surface area contributed by atoms with Gasteiger partial charge in [0.2, 0.25) is 0 Å². The fourth-order valence-corrected chi connectivity index (χ4v) is 7.90. The monoisotopic (exact) mass is 573 g/mol. The highest BCUT2D eigenvalue weighted by atomic mass is 15.0. The summed E-state index contributed by atoms with van der Waals surface area (Å²) >= 11 is 0. The molecule has 1 heteroatoms. The van der Waals surface area contributed by atoms with E-state index in [4.69, 9.17) is 0 Å². The van der Waals surface area contributed by atoms with Gasteiger partial charge in [0.1, 0.15) is 0 Å². The Bertz CT molecular complexity index is 2340. The summed E-state index contributed by atoms with van der Waals surface area (Å²) in [5, 5.41) is 2.53. The third-order valence-corrected chi connectivity index (χ3v) is 9.72. The van der Waals surface area contributed by atoms with Gasteiger partial charge in [0.25, 0.3) is 0 Å². The van der Waals surface area contributed by atoms with Crippen LogP contribution in [0.15, 0.2) is 170 Å². The van der Waals surface area contributed by atoms with Crippen molar-refractivity contribution in [3.05, 3.63) is 198 Å². The Morgan fingerprint density at radius 1 is 0.444 bits per heavy atom. The maximum atomic E-state index is 2.52. The SMILES string of the molecule is Cc1cccc(-c2ccc3c4ccccc4n(-c4cccc5c4C(c4ccccc4)(c4ccccc4)c4ccccc4-5)c3c2)c1. The molecule has 1 aromatic heterocycles. The van der Waals surface area contributed by atoms with Crippen molar-refractivity contribution in [2.45, 2.75) is 12.3 Å². The number of benzene rings is 7. The van der Waals surface area contributed by atoms with Gasteiger partial charge in [-0.05, 0) is 64.1 Å². The molecule has 8 aromatic rings. The molecule has 212 valence electrons. The van der Waals surface area contributed by atoms with E-state index in [1.54, 1.807) is 0 Å². The highest BCUT2D eigenvalue weighted by Crippen LogP contribution is 2.58. The van der Waals surface area contributed by atoms with Gasteiger partial charge in [0.15, 0.2) is 0 Å². The lowest BCUT2D eigenvalue weighted by atomic mass is 9.67. The fourth-order valence-electron chi connectivity index (χ4n) is 7.90. The first-order chi connectivity index (χ1) is 22.2. The smallest absolute Gasteiger partial charge is 0.0734 e. The van der Waals surface area contributed by atoms with E-state index < -0.39 is 5.41 Å². The van der Waals surface area contributed by atoms with Crippen LogP contribution in [0.3, 0.4) is 0 Å². The van der Waals surface area contributed by atoms with Crippen molar-refractivity contribution >= 4 is 21.8 Å². The van der Waals surface area contributed by atoms with Gasteiger partial charge in [-0.15, -0.1) is 0 Å². The van der Waals surface area contributed by atoms with Crippen LogP contribution in [-0.4, -0.2) is 4.57 Å². The summed E-state index contributed by atoms with van der Waals surface area (Å²) < 4.78 is 2.52. The Labute approximate surface area is 263 Å². The van der Waals surface area contributed by atoms with Crippen LogP contribution >= 0.6 is 0 Å². The molecule has 0 saturated carbocycles. The molecule has 0 saturated heterocycles. The number of para-hydroxylation sites is 1. The topological polar surface area (TPSA) is 4.93 Å². The van der Waals surface area contributed by atoms with Crippen molar-refractivity contribution < 1.29 is 0 Å². The average Bonchev–Trinajstić information content (AvgIpc) is 3.60. The fraction of sp³-hybridized carbons (Fsp3) is 0.0455. The van der Waals surface area contributed by atoms with Crippen LogP contribution in [0.4, 0.5) is 0 Å². The zero-order chi connectivity index (χ0) is 30.0. The number of hydrogen-bond donors (Lipinski definition) is 0. The van der Waals surface area contributed by atoms with E-state index in [2.05, 4.69) is 181 Å². The largest absolute Gasteiger partial charge is 0.309 e. The summed E-state index contributed by atoms with van der Waals surface area (Å²) in [6.45, 7) is 2.16. The molecule has 1 nitrogen and oxygen atoms in total. The molecule has 0 spiro atoms. The first-order valence-corrected chi connectivity index (χ1v) is 15.7. The molecule has 1 aliphatic rings. The standard InChI is InChI=1S/C44H31N/c1-30-14-12-15-31(28-30)32-26-27-37-36-21-9-11-24-40(36)45(42(37)29-32)41-25-13-22-38-35-20-8-10-23-39(35)44(43(38)41,33-16-4-2-5-17-33)34-18-6-3-7-19-34/h2-29H,1H3. The first kappa shape index (κ1) is 25.8. The van der Waals surface area contributed by atoms with Gasteiger partial charge in [0, 0.05) is 16.3 Å². The zero-order valence-corrected chi connectivity index (χ0v) is 25.1. The molecule has 0 aliphatic heterocycles. The van der Waals surface area contributed by atoms with Crippen LogP contribution < -0.4 is 0 Å². The van der Waals surface area contributed by atoms with Crippen LogP contribution in [0.1, 0.15) is 27.8 Å². The van der Waals surface area contributed by atoms with Crippen molar-refractivity contribution in [1.82, 2.24) is 4.57 Å². The second kappa shape index (κ2) is 9.94. The molecule has 0 N–H and O–H groups in total. The lowest BCUT2D eigenvalue weighted by Crippen LogP contribution is -2.29. The van der Waals surface area contributed by atoms with Crippen LogP contribution in [0.5, 0.6) is 0 Å². The molecular weight excluding hydrogens is 542 g/mol. The van der Waals surface area contributed by atoms with Crippen molar-refractivity contribution in [1.29, 1.82) is 0 Å². The van der Waals surface area contributed by atoms with Crippen molar-refractivity contribution in [2.75, 3.05) is 0 Å². The minimum Gasteiger partial charge on any atom is -0.309 e. The molecule has 0 fully saturated rings. The van der Waals surface area contributed by atoms with Gasteiger partial charge in [0.05, 0.1) is 22.1 Å². The average molecular weight is 574 g/mol. The molecule has 9 rings (SSSR count). The summed E-state index contributed by atoms with van der Waals surface area (Å²) in [7, 11) is 0. The third kappa shape index (κ3) is 3.68.